The molecule has 1 unspecified atom stereocenters. The lowest BCUT2D eigenvalue weighted by atomic mass is 10.2. The molecular formula is C7H9N5S. The van der Waals surface area contributed by atoms with Crippen molar-refractivity contribution in [2.24, 2.45) is 5.73 Å². The molecule has 1 atom stereocenters. The van der Waals surface area contributed by atoms with Crippen molar-refractivity contribution in [2.75, 3.05) is 0 Å². The maximum atomic E-state index is 5.87. The smallest absolute Gasteiger partial charge is 0.0995 e. The van der Waals surface area contributed by atoms with Crippen LogP contribution in [0.1, 0.15) is 16.7 Å². The predicted molar refractivity (Wildman–Crippen MR) is 49.1 cm³/mol. The maximum Gasteiger partial charge on any atom is 0.0995 e. The van der Waals surface area contributed by atoms with E-state index in [0.29, 0.717) is 6.42 Å². The first-order valence-corrected chi connectivity index (χ1v) is 4.74. The Bertz CT molecular complexity index is 341. The number of nitrogens with two attached hydrogens (primary N) is 1. The fraction of sp³-hybridized carbons (Fsp3) is 0.286. The molecule has 0 aliphatic heterocycles. The number of aromatic nitrogens is 4. The van der Waals surface area contributed by atoms with Gasteiger partial charge < -0.3 is 5.73 Å². The topological polar surface area (TPSA) is 80.5 Å². The fourth-order valence-electron chi connectivity index (χ4n) is 1.04. The zero-order valence-electron chi connectivity index (χ0n) is 6.84. The van der Waals surface area contributed by atoms with Crippen molar-refractivity contribution < 1.29 is 0 Å². The van der Waals surface area contributed by atoms with Crippen LogP contribution in [0.5, 0.6) is 0 Å². The Kier molecular flexibility index (Phi) is 2.33. The van der Waals surface area contributed by atoms with E-state index in [1.54, 1.807) is 23.7 Å². The number of hydrogen-bond acceptors (Lipinski definition) is 5. The zero-order chi connectivity index (χ0) is 9.10. The van der Waals surface area contributed by atoms with Gasteiger partial charge in [-0.3, -0.25) is 0 Å². The zero-order valence-corrected chi connectivity index (χ0v) is 7.66. The van der Waals surface area contributed by atoms with Gasteiger partial charge in [-0.25, -0.2) is 4.98 Å². The van der Waals surface area contributed by atoms with Crippen LogP contribution in [0.15, 0.2) is 17.8 Å². The van der Waals surface area contributed by atoms with Crippen molar-refractivity contribution in [3.8, 4) is 0 Å². The molecule has 2 aromatic rings. The summed E-state index contributed by atoms with van der Waals surface area (Å²) < 4.78 is 0. The van der Waals surface area contributed by atoms with E-state index in [1.165, 1.54) is 0 Å². The highest BCUT2D eigenvalue weighted by Crippen LogP contribution is 2.14. The third kappa shape index (κ3) is 1.90. The van der Waals surface area contributed by atoms with Gasteiger partial charge in [-0.15, -0.1) is 11.3 Å². The van der Waals surface area contributed by atoms with E-state index in [1.807, 2.05) is 5.38 Å². The molecule has 0 saturated heterocycles. The fourth-order valence-corrected chi connectivity index (χ4v) is 1.71. The van der Waals surface area contributed by atoms with E-state index in [-0.39, 0.29) is 6.04 Å². The Labute approximate surface area is 79.0 Å². The van der Waals surface area contributed by atoms with Crippen LogP contribution >= 0.6 is 11.3 Å². The van der Waals surface area contributed by atoms with Gasteiger partial charge in [0.1, 0.15) is 0 Å². The van der Waals surface area contributed by atoms with Crippen molar-refractivity contribution in [3.63, 3.8) is 0 Å². The largest absolute Gasteiger partial charge is 0.322 e. The second-order valence-electron chi connectivity index (χ2n) is 2.63. The molecule has 0 bridgehead atoms. The highest BCUT2D eigenvalue weighted by molar-refractivity contribution is 7.09. The SMILES string of the molecule is NC(Cc1nccs1)c1cn[nH]n1. The second kappa shape index (κ2) is 3.63. The van der Waals surface area contributed by atoms with E-state index in [4.69, 9.17) is 5.73 Å². The summed E-state index contributed by atoms with van der Waals surface area (Å²) in [5.74, 6) is 0. The van der Waals surface area contributed by atoms with Crippen molar-refractivity contribution in [2.45, 2.75) is 12.5 Å². The molecule has 0 aliphatic rings. The molecule has 2 heterocycles. The van der Waals surface area contributed by atoms with Crippen LogP contribution in [0.3, 0.4) is 0 Å². The molecule has 68 valence electrons. The van der Waals surface area contributed by atoms with Gasteiger partial charge in [-0.2, -0.15) is 15.4 Å². The van der Waals surface area contributed by atoms with E-state index in [9.17, 15) is 0 Å². The molecule has 0 spiro atoms. The highest BCUT2D eigenvalue weighted by atomic mass is 32.1. The van der Waals surface area contributed by atoms with E-state index < -0.39 is 0 Å². The summed E-state index contributed by atoms with van der Waals surface area (Å²) in [5.41, 5.74) is 6.65. The first-order chi connectivity index (χ1) is 6.36. The van der Waals surface area contributed by atoms with Gasteiger partial charge in [0.2, 0.25) is 0 Å². The molecule has 0 saturated carbocycles. The van der Waals surface area contributed by atoms with E-state index in [0.717, 1.165) is 10.7 Å². The summed E-state index contributed by atoms with van der Waals surface area (Å²) in [6.45, 7) is 0. The number of nitrogens with zero attached hydrogens (tertiary/aromatic N) is 3. The summed E-state index contributed by atoms with van der Waals surface area (Å²) in [6.07, 6.45) is 4.12. The number of H-pyrrole nitrogens is 1. The number of nitrogens with one attached hydrogen (secondary N) is 1. The minimum absolute atomic E-state index is 0.120. The minimum atomic E-state index is -0.120. The molecule has 0 radical (unpaired) electrons. The number of hydrogen-bond donors (Lipinski definition) is 2. The Morgan fingerprint density at radius 3 is 3.15 bits per heavy atom. The van der Waals surface area contributed by atoms with Crippen LogP contribution in [0.2, 0.25) is 0 Å². The summed E-state index contributed by atoms with van der Waals surface area (Å²) in [6, 6.07) is -0.120. The lowest BCUT2D eigenvalue weighted by Crippen LogP contribution is -2.13. The predicted octanol–water partition coefficient (Wildman–Crippen LogP) is 0.504. The Morgan fingerprint density at radius 1 is 1.62 bits per heavy atom. The molecule has 2 rings (SSSR count). The van der Waals surface area contributed by atoms with Gasteiger partial charge in [-0.05, 0) is 0 Å². The average Bonchev–Trinajstić information content (AvgIpc) is 2.74. The summed E-state index contributed by atoms with van der Waals surface area (Å²) in [4.78, 5) is 4.15. The van der Waals surface area contributed by atoms with Crippen LogP contribution < -0.4 is 5.73 Å². The van der Waals surface area contributed by atoms with Crippen molar-refractivity contribution in [3.05, 3.63) is 28.5 Å². The Morgan fingerprint density at radius 2 is 2.54 bits per heavy atom. The molecule has 0 aliphatic carbocycles. The van der Waals surface area contributed by atoms with Gasteiger partial charge in [0.15, 0.2) is 0 Å². The average molecular weight is 195 g/mol. The normalized spacial score (nSPS) is 13.0. The highest BCUT2D eigenvalue weighted by Gasteiger charge is 2.10. The molecule has 0 fully saturated rings. The Balaban J connectivity index is 2.04. The lowest BCUT2D eigenvalue weighted by Gasteiger charge is -2.03. The monoisotopic (exact) mass is 195 g/mol. The van der Waals surface area contributed by atoms with Crippen LogP contribution in [0.25, 0.3) is 0 Å². The molecule has 3 N–H and O–H groups in total. The first kappa shape index (κ1) is 8.33. The third-order valence-electron chi connectivity index (χ3n) is 1.69. The molecule has 0 aromatic carbocycles. The van der Waals surface area contributed by atoms with Gasteiger partial charge >= 0.3 is 0 Å². The number of rotatable bonds is 3. The van der Waals surface area contributed by atoms with Crippen molar-refractivity contribution in [1.29, 1.82) is 0 Å². The lowest BCUT2D eigenvalue weighted by molar-refractivity contribution is 0.688. The third-order valence-corrected chi connectivity index (χ3v) is 2.49. The second-order valence-corrected chi connectivity index (χ2v) is 3.61. The number of thiazole rings is 1. The van der Waals surface area contributed by atoms with Crippen LogP contribution in [0, 0.1) is 0 Å². The molecule has 6 heteroatoms. The van der Waals surface area contributed by atoms with Crippen LogP contribution in [-0.4, -0.2) is 20.4 Å². The standard InChI is InChI=1S/C7H9N5S/c8-5(6-4-10-12-11-6)3-7-9-1-2-13-7/h1-2,4-5H,3,8H2,(H,10,11,12). The van der Waals surface area contributed by atoms with Gasteiger partial charge in [0.05, 0.1) is 22.9 Å². The van der Waals surface area contributed by atoms with E-state index >= 15 is 0 Å². The van der Waals surface area contributed by atoms with Crippen molar-refractivity contribution >= 4 is 11.3 Å². The summed E-state index contributed by atoms with van der Waals surface area (Å²) in [5, 5.41) is 13.1. The minimum Gasteiger partial charge on any atom is -0.322 e. The van der Waals surface area contributed by atoms with E-state index in [2.05, 4.69) is 20.4 Å². The molecule has 0 amide bonds. The van der Waals surface area contributed by atoms with Crippen molar-refractivity contribution in [1.82, 2.24) is 20.4 Å². The molecule has 2 aromatic heterocycles. The number of aromatic amines is 1. The van der Waals surface area contributed by atoms with Crippen LogP contribution in [0.4, 0.5) is 0 Å². The van der Waals surface area contributed by atoms with Crippen LogP contribution in [-0.2, 0) is 6.42 Å². The van der Waals surface area contributed by atoms with Gasteiger partial charge in [0.25, 0.3) is 0 Å². The quantitative estimate of drug-likeness (QED) is 0.747. The molecule has 13 heavy (non-hydrogen) atoms. The molecular weight excluding hydrogens is 186 g/mol. The maximum absolute atomic E-state index is 5.87. The van der Waals surface area contributed by atoms with Gasteiger partial charge in [0, 0.05) is 18.0 Å². The van der Waals surface area contributed by atoms with Gasteiger partial charge in [-0.1, -0.05) is 0 Å². The first-order valence-electron chi connectivity index (χ1n) is 3.86. The molecule has 5 nitrogen and oxygen atoms in total. The Hall–Kier alpha value is -1.27. The summed E-state index contributed by atoms with van der Waals surface area (Å²) in [7, 11) is 0. The summed E-state index contributed by atoms with van der Waals surface area (Å²) >= 11 is 1.60.